The summed E-state index contributed by atoms with van der Waals surface area (Å²) in [7, 11) is 1.68. The summed E-state index contributed by atoms with van der Waals surface area (Å²) in [6.07, 6.45) is 6.20. The van der Waals surface area contributed by atoms with Gasteiger partial charge in [-0.05, 0) is 24.8 Å². The number of ether oxygens (including phenoxy) is 2. The molecule has 0 amide bonds. The van der Waals surface area contributed by atoms with Gasteiger partial charge >= 0.3 is 0 Å². The number of methoxy groups -OCH3 is 1. The third kappa shape index (κ3) is 3.55. The van der Waals surface area contributed by atoms with E-state index in [1.165, 1.54) is 5.56 Å². The molecule has 2 aromatic heterocycles. The van der Waals surface area contributed by atoms with Crippen LogP contribution in [0.4, 0.5) is 5.82 Å². The zero-order chi connectivity index (χ0) is 20.4. The monoisotopic (exact) mass is 403 g/mol. The van der Waals surface area contributed by atoms with Crippen LogP contribution >= 0.6 is 0 Å². The van der Waals surface area contributed by atoms with Gasteiger partial charge < -0.3 is 14.4 Å². The highest BCUT2D eigenvalue weighted by molar-refractivity contribution is 5.55. The number of nitrogens with zero attached hydrogens (tertiary/aromatic N) is 5. The second-order valence-electron chi connectivity index (χ2n) is 7.81. The number of benzene rings is 1. The molecule has 1 spiro atoms. The standard InChI is InChI=1S/C23H25N5O2/c1-29-15-19-13-20(26-16-25-19)28-10-8-23(9-11-28)21-18(7-12-30-23)14-24-22(27-21)17-5-3-2-4-6-17/h2-6,13-14,16H,7-12,15H2,1H3. The van der Waals surface area contributed by atoms with Crippen LogP contribution in [0.5, 0.6) is 0 Å². The summed E-state index contributed by atoms with van der Waals surface area (Å²) in [5.41, 5.74) is 3.84. The predicted octanol–water partition coefficient (Wildman–Crippen LogP) is 3.15. The maximum Gasteiger partial charge on any atom is 0.159 e. The molecule has 0 atom stereocenters. The first-order valence-electron chi connectivity index (χ1n) is 10.4. The van der Waals surface area contributed by atoms with Crippen molar-refractivity contribution < 1.29 is 9.47 Å². The van der Waals surface area contributed by atoms with E-state index >= 15 is 0 Å². The molecule has 0 unspecified atom stereocenters. The van der Waals surface area contributed by atoms with Gasteiger partial charge in [0, 0.05) is 38.0 Å². The number of fused-ring (bicyclic) bond motifs is 2. The summed E-state index contributed by atoms with van der Waals surface area (Å²) < 4.78 is 11.6. The lowest BCUT2D eigenvalue weighted by molar-refractivity contribution is -0.0801. The number of rotatable bonds is 4. The zero-order valence-electron chi connectivity index (χ0n) is 17.1. The summed E-state index contributed by atoms with van der Waals surface area (Å²) in [6, 6.07) is 12.1. The summed E-state index contributed by atoms with van der Waals surface area (Å²) >= 11 is 0. The Hall–Kier alpha value is -2.90. The molecule has 7 nitrogen and oxygen atoms in total. The number of hydrogen-bond acceptors (Lipinski definition) is 7. The minimum atomic E-state index is -0.348. The Bertz CT molecular complexity index is 1020. The second kappa shape index (κ2) is 8.08. The first-order chi connectivity index (χ1) is 14.8. The molecule has 7 heteroatoms. The zero-order valence-corrected chi connectivity index (χ0v) is 17.1. The summed E-state index contributed by atoms with van der Waals surface area (Å²) in [6.45, 7) is 2.91. The SMILES string of the molecule is COCc1cc(N2CCC3(CC2)OCCc2cnc(-c4ccccc4)nc23)ncn1. The molecule has 1 fully saturated rings. The molecule has 1 aromatic carbocycles. The van der Waals surface area contributed by atoms with E-state index in [0.717, 1.165) is 60.9 Å². The largest absolute Gasteiger partial charge is 0.378 e. The van der Waals surface area contributed by atoms with Crippen molar-refractivity contribution in [1.29, 1.82) is 0 Å². The van der Waals surface area contributed by atoms with Gasteiger partial charge in [0.15, 0.2) is 5.82 Å². The van der Waals surface area contributed by atoms with Gasteiger partial charge in [0.1, 0.15) is 17.7 Å². The fraction of sp³-hybridized carbons (Fsp3) is 0.391. The Morgan fingerprint density at radius 1 is 1.10 bits per heavy atom. The predicted molar refractivity (Wildman–Crippen MR) is 113 cm³/mol. The minimum absolute atomic E-state index is 0.348. The summed E-state index contributed by atoms with van der Waals surface area (Å²) in [5, 5.41) is 0. The molecule has 2 aliphatic rings. The number of anilines is 1. The molecule has 0 bridgehead atoms. The maximum absolute atomic E-state index is 6.40. The number of aromatic nitrogens is 4. The first kappa shape index (κ1) is 19.1. The lowest BCUT2D eigenvalue weighted by Crippen LogP contribution is -2.47. The van der Waals surface area contributed by atoms with E-state index in [9.17, 15) is 0 Å². The Morgan fingerprint density at radius 3 is 2.73 bits per heavy atom. The summed E-state index contributed by atoms with van der Waals surface area (Å²) in [4.78, 5) is 20.7. The van der Waals surface area contributed by atoms with E-state index in [-0.39, 0.29) is 5.60 Å². The van der Waals surface area contributed by atoms with Gasteiger partial charge in [0.05, 0.1) is 24.6 Å². The molecule has 0 N–H and O–H groups in total. The normalized spacial score (nSPS) is 17.7. The van der Waals surface area contributed by atoms with E-state index in [0.29, 0.717) is 13.2 Å². The van der Waals surface area contributed by atoms with Gasteiger partial charge in [-0.2, -0.15) is 0 Å². The fourth-order valence-corrected chi connectivity index (χ4v) is 4.40. The van der Waals surface area contributed by atoms with E-state index in [2.05, 4.69) is 19.9 Å². The molecular formula is C23H25N5O2. The fourth-order valence-electron chi connectivity index (χ4n) is 4.40. The Balaban J connectivity index is 1.40. The van der Waals surface area contributed by atoms with Crippen molar-refractivity contribution in [2.45, 2.75) is 31.5 Å². The molecule has 30 heavy (non-hydrogen) atoms. The Morgan fingerprint density at radius 2 is 1.93 bits per heavy atom. The second-order valence-corrected chi connectivity index (χ2v) is 7.81. The van der Waals surface area contributed by atoms with Crippen molar-refractivity contribution in [1.82, 2.24) is 19.9 Å². The van der Waals surface area contributed by atoms with Gasteiger partial charge in [-0.15, -0.1) is 0 Å². The lowest BCUT2D eigenvalue weighted by atomic mass is 9.83. The van der Waals surface area contributed by atoms with Crippen LogP contribution in [0, 0.1) is 0 Å². The average molecular weight is 403 g/mol. The van der Waals surface area contributed by atoms with Crippen LogP contribution in [0.3, 0.4) is 0 Å². The molecule has 2 aliphatic heterocycles. The molecule has 0 saturated carbocycles. The maximum atomic E-state index is 6.40. The molecule has 5 rings (SSSR count). The van der Waals surface area contributed by atoms with Crippen molar-refractivity contribution in [3.05, 3.63) is 65.9 Å². The van der Waals surface area contributed by atoms with Crippen LogP contribution in [0.15, 0.2) is 48.9 Å². The van der Waals surface area contributed by atoms with Gasteiger partial charge in [-0.1, -0.05) is 30.3 Å². The van der Waals surface area contributed by atoms with E-state index in [1.54, 1.807) is 13.4 Å². The summed E-state index contributed by atoms with van der Waals surface area (Å²) in [5.74, 6) is 1.71. The van der Waals surface area contributed by atoms with Crippen molar-refractivity contribution in [2.24, 2.45) is 0 Å². The van der Waals surface area contributed by atoms with Crippen LogP contribution in [-0.2, 0) is 28.1 Å². The molecule has 0 radical (unpaired) electrons. The third-order valence-electron chi connectivity index (χ3n) is 5.97. The number of piperidine rings is 1. The van der Waals surface area contributed by atoms with Crippen molar-refractivity contribution >= 4 is 5.82 Å². The van der Waals surface area contributed by atoms with Gasteiger partial charge in [0.25, 0.3) is 0 Å². The lowest BCUT2D eigenvalue weighted by Gasteiger charge is -2.44. The van der Waals surface area contributed by atoms with Gasteiger partial charge in [-0.25, -0.2) is 19.9 Å². The first-order valence-corrected chi connectivity index (χ1v) is 10.4. The highest BCUT2D eigenvalue weighted by Gasteiger charge is 2.42. The van der Waals surface area contributed by atoms with Crippen LogP contribution < -0.4 is 4.90 Å². The molecular weight excluding hydrogens is 378 g/mol. The van der Waals surface area contributed by atoms with Crippen LogP contribution in [-0.4, -0.2) is 46.7 Å². The van der Waals surface area contributed by atoms with Gasteiger partial charge in [-0.3, -0.25) is 0 Å². The van der Waals surface area contributed by atoms with E-state index < -0.39 is 0 Å². The minimum Gasteiger partial charge on any atom is -0.378 e. The van der Waals surface area contributed by atoms with Crippen molar-refractivity contribution in [3.8, 4) is 11.4 Å². The topological polar surface area (TPSA) is 73.3 Å². The smallest absolute Gasteiger partial charge is 0.159 e. The quantitative estimate of drug-likeness (QED) is 0.662. The average Bonchev–Trinajstić information content (AvgIpc) is 2.81. The molecule has 3 aromatic rings. The van der Waals surface area contributed by atoms with Crippen LogP contribution in [0.1, 0.15) is 29.8 Å². The van der Waals surface area contributed by atoms with E-state index in [4.69, 9.17) is 14.5 Å². The van der Waals surface area contributed by atoms with Crippen molar-refractivity contribution in [2.75, 3.05) is 31.7 Å². The van der Waals surface area contributed by atoms with Crippen LogP contribution in [0.25, 0.3) is 11.4 Å². The molecule has 0 aliphatic carbocycles. The highest BCUT2D eigenvalue weighted by Crippen LogP contribution is 2.41. The van der Waals surface area contributed by atoms with E-state index in [1.807, 2.05) is 42.6 Å². The van der Waals surface area contributed by atoms with Gasteiger partial charge in [0.2, 0.25) is 0 Å². The molecule has 4 heterocycles. The molecule has 1 saturated heterocycles. The Labute approximate surface area is 176 Å². The number of hydrogen-bond donors (Lipinski definition) is 0. The van der Waals surface area contributed by atoms with Crippen molar-refractivity contribution in [3.63, 3.8) is 0 Å². The highest BCUT2D eigenvalue weighted by atomic mass is 16.5. The third-order valence-corrected chi connectivity index (χ3v) is 5.97. The Kier molecular flexibility index (Phi) is 5.14. The molecule has 154 valence electrons. The van der Waals surface area contributed by atoms with Crippen LogP contribution in [0.2, 0.25) is 0 Å².